The highest BCUT2D eigenvalue weighted by molar-refractivity contribution is 8.16. The number of amides is 1. The van der Waals surface area contributed by atoms with E-state index in [-0.39, 0.29) is 5.91 Å². The average Bonchev–Trinajstić information content (AvgIpc) is 2.99. The number of thioether (sulfide) groups is 1. The molecule has 0 bridgehead atoms. The van der Waals surface area contributed by atoms with Gasteiger partial charge >= 0.3 is 0 Å². The van der Waals surface area contributed by atoms with Crippen LogP contribution in [-0.2, 0) is 0 Å². The molecule has 3 rings (SSSR count). The lowest BCUT2D eigenvalue weighted by Gasteiger charge is -2.25. The van der Waals surface area contributed by atoms with Gasteiger partial charge in [-0.15, -0.1) is 0 Å². The summed E-state index contributed by atoms with van der Waals surface area (Å²) in [5, 5.41) is 9.13. The van der Waals surface area contributed by atoms with E-state index in [1.807, 2.05) is 6.92 Å². The summed E-state index contributed by atoms with van der Waals surface area (Å²) in [7, 11) is 0. The number of aromatic nitrogens is 2. The van der Waals surface area contributed by atoms with Crippen molar-refractivity contribution in [2.75, 3.05) is 31.5 Å². The first-order valence-corrected chi connectivity index (χ1v) is 8.67. The van der Waals surface area contributed by atoms with Crippen LogP contribution in [0.5, 0.6) is 0 Å². The largest absolute Gasteiger partial charge is 0.355 e. The minimum Gasteiger partial charge on any atom is -0.355 e. The van der Waals surface area contributed by atoms with E-state index in [0.29, 0.717) is 18.1 Å². The lowest BCUT2D eigenvalue weighted by atomic mass is 10.2. The van der Waals surface area contributed by atoms with Crippen LogP contribution in [0.3, 0.4) is 0 Å². The SMILES string of the molecule is CCNc1ncc(C(=O)NCCC2=CSC3=NCCCN23)cn1. The van der Waals surface area contributed by atoms with Crippen LogP contribution in [0.15, 0.2) is 28.5 Å². The average molecular weight is 332 g/mol. The van der Waals surface area contributed by atoms with Crippen LogP contribution < -0.4 is 10.6 Å². The van der Waals surface area contributed by atoms with E-state index >= 15 is 0 Å². The molecule has 0 radical (unpaired) electrons. The molecule has 1 amide bonds. The number of nitrogens with one attached hydrogen (secondary N) is 2. The van der Waals surface area contributed by atoms with Gasteiger partial charge < -0.3 is 15.5 Å². The molecule has 0 saturated carbocycles. The summed E-state index contributed by atoms with van der Waals surface area (Å²) in [5.74, 6) is 0.390. The van der Waals surface area contributed by atoms with Gasteiger partial charge in [-0.2, -0.15) is 0 Å². The zero-order valence-electron chi connectivity index (χ0n) is 13.1. The molecule has 7 nitrogen and oxygen atoms in total. The van der Waals surface area contributed by atoms with Gasteiger partial charge in [0.2, 0.25) is 5.95 Å². The van der Waals surface area contributed by atoms with Crippen molar-refractivity contribution in [2.45, 2.75) is 19.8 Å². The molecule has 0 atom stereocenters. The van der Waals surface area contributed by atoms with E-state index in [1.54, 1.807) is 24.2 Å². The maximum absolute atomic E-state index is 12.1. The Balaban J connectivity index is 1.48. The van der Waals surface area contributed by atoms with Crippen molar-refractivity contribution in [1.29, 1.82) is 0 Å². The molecule has 1 aromatic rings. The Bertz CT molecular complexity index is 627. The molecule has 3 heterocycles. The first-order chi connectivity index (χ1) is 11.3. The van der Waals surface area contributed by atoms with Crippen LogP contribution in [0.1, 0.15) is 30.1 Å². The lowest BCUT2D eigenvalue weighted by molar-refractivity contribution is 0.0953. The van der Waals surface area contributed by atoms with Crippen LogP contribution in [0, 0.1) is 0 Å². The summed E-state index contributed by atoms with van der Waals surface area (Å²) in [5.41, 5.74) is 1.70. The number of rotatable bonds is 6. The number of carbonyl (C=O) groups is 1. The Hall–Kier alpha value is -2.09. The van der Waals surface area contributed by atoms with Crippen molar-refractivity contribution in [3.63, 3.8) is 0 Å². The van der Waals surface area contributed by atoms with Gasteiger partial charge in [0.1, 0.15) is 0 Å². The molecule has 8 heteroatoms. The minimum atomic E-state index is -0.146. The Morgan fingerprint density at radius 3 is 3.00 bits per heavy atom. The van der Waals surface area contributed by atoms with Crippen molar-refractivity contribution < 1.29 is 4.79 Å². The van der Waals surface area contributed by atoms with Gasteiger partial charge in [-0.05, 0) is 18.8 Å². The molecule has 0 saturated heterocycles. The summed E-state index contributed by atoms with van der Waals surface area (Å²) in [6.07, 6.45) is 4.97. The van der Waals surface area contributed by atoms with E-state index < -0.39 is 0 Å². The molecule has 23 heavy (non-hydrogen) atoms. The molecule has 0 unspecified atom stereocenters. The van der Waals surface area contributed by atoms with Crippen LogP contribution >= 0.6 is 11.8 Å². The minimum absolute atomic E-state index is 0.146. The normalized spacial score (nSPS) is 16.5. The molecular weight excluding hydrogens is 312 g/mol. The van der Waals surface area contributed by atoms with Gasteiger partial charge in [0.25, 0.3) is 5.91 Å². The Kier molecular flexibility index (Phi) is 5.12. The topological polar surface area (TPSA) is 82.5 Å². The van der Waals surface area contributed by atoms with Crippen molar-refractivity contribution >= 4 is 28.8 Å². The summed E-state index contributed by atoms with van der Waals surface area (Å²) in [6.45, 7) is 5.24. The maximum Gasteiger partial charge on any atom is 0.254 e. The Morgan fingerprint density at radius 1 is 1.39 bits per heavy atom. The van der Waals surface area contributed by atoms with Gasteiger partial charge in [0, 0.05) is 50.7 Å². The molecule has 0 spiro atoms. The molecular formula is C15H20N6OS. The first kappa shape index (κ1) is 15.8. The maximum atomic E-state index is 12.1. The third-order valence-electron chi connectivity index (χ3n) is 3.58. The third-order valence-corrected chi connectivity index (χ3v) is 4.53. The van der Waals surface area contributed by atoms with Gasteiger partial charge in [0.05, 0.1) is 5.56 Å². The molecule has 1 aromatic heterocycles. The van der Waals surface area contributed by atoms with Crippen molar-refractivity contribution in [2.24, 2.45) is 4.99 Å². The number of aliphatic imine (C=N–C) groups is 1. The zero-order valence-corrected chi connectivity index (χ0v) is 13.9. The number of nitrogens with zero attached hydrogens (tertiary/aromatic N) is 4. The summed E-state index contributed by atoms with van der Waals surface area (Å²) < 4.78 is 0. The second kappa shape index (κ2) is 7.45. The molecule has 2 aliphatic rings. The fraction of sp³-hybridized carbons (Fsp3) is 0.467. The van der Waals surface area contributed by atoms with Crippen LogP contribution in [-0.4, -0.2) is 52.1 Å². The second-order valence-electron chi connectivity index (χ2n) is 5.23. The smallest absolute Gasteiger partial charge is 0.254 e. The lowest BCUT2D eigenvalue weighted by Crippen LogP contribution is -2.32. The second-order valence-corrected chi connectivity index (χ2v) is 6.06. The van der Waals surface area contributed by atoms with E-state index in [2.05, 4.69) is 35.9 Å². The monoisotopic (exact) mass is 332 g/mol. The van der Waals surface area contributed by atoms with Gasteiger partial charge in [-0.3, -0.25) is 9.79 Å². The molecule has 122 valence electrons. The summed E-state index contributed by atoms with van der Waals surface area (Å²) in [6, 6.07) is 0. The molecule has 2 N–H and O–H groups in total. The summed E-state index contributed by atoms with van der Waals surface area (Å²) in [4.78, 5) is 27.1. The zero-order chi connectivity index (χ0) is 16.1. The van der Waals surface area contributed by atoms with Crippen LogP contribution in [0.25, 0.3) is 0 Å². The van der Waals surface area contributed by atoms with Gasteiger partial charge in [-0.25, -0.2) is 9.97 Å². The highest BCUT2D eigenvalue weighted by Gasteiger charge is 2.24. The van der Waals surface area contributed by atoms with E-state index in [1.165, 1.54) is 5.70 Å². The van der Waals surface area contributed by atoms with E-state index in [0.717, 1.165) is 37.6 Å². The van der Waals surface area contributed by atoms with Crippen molar-refractivity contribution in [1.82, 2.24) is 20.2 Å². The Morgan fingerprint density at radius 2 is 2.22 bits per heavy atom. The third kappa shape index (κ3) is 3.82. The van der Waals surface area contributed by atoms with Crippen LogP contribution in [0.2, 0.25) is 0 Å². The molecule has 2 aliphatic heterocycles. The highest BCUT2D eigenvalue weighted by Crippen LogP contribution is 2.30. The predicted octanol–water partition coefficient (Wildman–Crippen LogP) is 1.68. The fourth-order valence-corrected chi connectivity index (χ4v) is 3.42. The number of anilines is 1. The molecule has 0 aromatic carbocycles. The summed E-state index contributed by atoms with van der Waals surface area (Å²) >= 11 is 1.67. The molecule has 0 aliphatic carbocycles. The predicted molar refractivity (Wildman–Crippen MR) is 92.4 cm³/mol. The highest BCUT2D eigenvalue weighted by atomic mass is 32.2. The standard InChI is InChI=1S/C15H20N6OS/c1-2-16-14-19-8-11(9-20-14)13(22)17-6-4-12-10-23-15-18-5-3-7-21(12)15/h8-10H,2-7H2,1H3,(H,17,22)(H,16,19,20). The quantitative estimate of drug-likeness (QED) is 0.825. The van der Waals surface area contributed by atoms with Gasteiger partial charge in [0.15, 0.2) is 5.17 Å². The molecule has 0 fully saturated rings. The van der Waals surface area contributed by atoms with E-state index in [4.69, 9.17) is 0 Å². The Labute approximate surface area is 139 Å². The van der Waals surface area contributed by atoms with Crippen LogP contribution in [0.4, 0.5) is 5.95 Å². The number of hydrogen-bond acceptors (Lipinski definition) is 7. The first-order valence-electron chi connectivity index (χ1n) is 7.79. The van der Waals surface area contributed by atoms with Crippen molar-refractivity contribution in [3.05, 3.63) is 29.1 Å². The number of fused-ring (bicyclic) bond motifs is 1. The van der Waals surface area contributed by atoms with E-state index in [9.17, 15) is 4.79 Å². The number of carbonyl (C=O) groups excluding carboxylic acids is 1. The number of amidine groups is 1. The van der Waals surface area contributed by atoms with Crippen molar-refractivity contribution in [3.8, 4) is 0 Å². The number of hydrogen-bond donors (Lipinski definition) is 2. The fourth-order valence-electron chi connectivity index (χ4n) is 2.43. The van der Waals surface area contributed by atoms with Gasteiger partial charge in [-0.1, -0.05) is 11.8 Å².